The molecule has 0 aromatic heterocycles. The third-order valence-corrected chi connectivity index (χ3v) is 7.11. The molecule has 0 spiro atoms. The molecule has 0 aliphatic carbocycles. The van der Waals surface area contributed by atoms with Gasteiger partial charge in [-0.3, -0.25) is 14.5 Å². The molecule has 0 bridgehead atoms. The Labute approximate surface area is 235 Å². The highest BCUT2D eigenvalue weighted by Gasteiger charge is 2.61. The van der Waals surface area contributed by atoms with E-state index in [0.29, 0.717) is 32.6 Å². The van der Waals surface area contributed by atoms with Crippen LogP contribution in [0.5, 0.6) is 5.75 Å². The van der Waals surface area contributed by atoms with Gasteiger partial charge in [-0.2, -0.15) is 0 Å². The minimum Gasteiger partial charge on any atom is -0.435 e. The number of amides is 2. The number of rotatable bonds is 10. The summed E-state index contributed by atoms with van der Waals surface area (Å²) in [5, 5.41) is 67.9. The van der Waals surface area contributed by atoms with E-state index in [0.717, 1.165) is 19.2 Å². The highest BCUT2D eigenvalue weighted by Crippen LogP contribution is 2.46. The van der Waals surface area contributed by atoms with E-state index in [-0.39, 0.29) is 16.0 Å². The fraction of sp³-hybridized carbons (Fsp3) is 0.423. The van der Waals surface area contributed by atoms with Crippen molar-refractivity contribution in [3.8, 4) is 5.75 Å². The second-order valence-corrected chi connectivity index (χ2v) is 9.67. The summed E-state index contributed by atoms with van der Waals surface area (Å²) in [7, 11) is 7.25. The van der Waals surface area contributed by atoms with Gasteiger partial charge in [-0.05, 0) is 29.8 Å². The maximum absolute atomic E-state index is 13.2. The maximum Gasteiger partial charge on any atom is 0.351 e. The van der Waals surface area contributed by atoms with Gasteiger partial charge < -0.3 is 50.2 Å². The van der Waals surface area contributed by atoms with Crippen LogP contribution < -0.4 is 10.1 Å². The average Bonchev–Trinajstić information content (AvgIpc) is 3.17. The molecule has 2 aliphatic rings. The molecule has 2 heterocycles. The number of benzene rings is 2. The molecule has 1 fully saturated rings. The fourth-order valence-electron chi connectivity index (χ4n) is 4.96. The Balaban J connectivity index is 1.66. The largest absolute Gasteiger partial charge is 0.435 e. The Kier molecular flexibility index (Phi) is 8.28. The summed E-state index contributed by atoms with van der Waals surface area (Å²) in [5.74, 6) is -9.49. The van der Waals surface area contributed by atoms with Crippen LogP contribution in [0.3, 0.4) is 0 Å². The average molecular weight is 571 g/mol. The maximum atomic E-state index is 13.2. The first-order chi connectivity index (χ1) is 19.2. The summed E-state index contributed by atoms with van der Waals surface area (Å²) in [6.45, 7) is 1.48. The van der Waals surface area contributed by atoms with Crippen molar-refractivity contribution >= 4 is 25.9 Å². The first-order valence-corrected chi connectivity index (χ1v) is 12.6. The van der Waals surface area contributed by atoms with Crippen LogP contribution in [-0.4, -0.2) is 105 Å². The second kappa shape index (κ2) is 11.1. The van der Waals surface area contributed by atoms with Gasteiger partial charge >= 0.3 is 5.97 Å². The van der Waals surface area contributed by atoms with Crippen molar-refractivity contribution in [2.75, 3.05) is 33.4 Å². The van der Waals surface area contributed by atoms with E-state index >= 15 is 0 Å². The van der Waals surface area contributed by atoms with Gasteiger partial charge in [0.15, 0.2) is 0 Å². The number of ether oxygens (including phenoxy) is 2. The van der Waals surface area contributed by atoms with Crippen LogP contribution in [-0.2, 0) is 31.8 Å². The quantitative estimate of drug-likeness (QED) is 0.0892. The monoisotopic (exact) mass is 571 g/mol. The molecule has 2 unspecified atom stereocenters. The lowest BCUT2D eigenvalue weighted by Crippen LogP contribution is -2.64. The number of nitrogens with one attached hydrogen (secondary N) is 1. The summed E-state index contributed by atoms with van der Waals surface area (Å²) in [5.41, 5.74) is -5.89. The van der Waals surface area contributed by atoms with Crippen LogP contribution in [0.1, 0.15) is 39.9 Å². The van der Waals surface area contributed by atoms with Crippen molar-refractivity contribution in [1.29, 1.82) is 0 Å². The van der Waals surface area contributed by atoms with E-state index in [9.17, 15) is 45.0 Å². The van der Waals surface area contributed by atoms with Crippen molar-refractivity contribution in [1.82, 2.24) is 15.1 Å². The number of morpholine rings is 1. The smallest absolute Gasteiger partial charge is 0.351 e. The van der Waals surface area contributed by atoms with Gasteiger partial charge in [-0.15, -0.1) is 0 Å². The Hall–Kier alpha value is -3.41. The molecule has 7 N–H and O–H groups in total. The normalized spacial score (nSPS) is 20.1. The first-order valence-electron chi connectivity index (χ1n) is 12.6. The lowest BCUT2D eigenvalue weighted by molar-refractivity contribution is -0.314. The fourth-order valence-corrected chi connectivity index (χ4v) is 4.96. The number of hydrogen-bond acceptors (Lipinski definition) is 12. The molecule has 2 radical (unpaired) electrons. The summed E-state index contributed by atoms with van der Waals surface area (Å²) < 4.78 is 10.6. The number of hydrogen-bond donors (Lipinski definition) is 7. The van der Waals surface area contributed by atoms with Crippen molar-refractivity contribution in [3.05, 3.63) is 64.7 Å². The number of aliphatic hydroxyl groups is 6. The Morgan fingerprint density at radius 3 is 2.29 bits per heavy atom. The van der Waals surface area contributed by atoms with Gasteiger partial charge in [0.25, 0.3) is 17.7 Å². The summed E-state index contributed by atoms with van der Waals surface area (Å²) in [6.07, 6.45) is -0.724. The van der Waals surface area contributed by atoms with Crippen molar-refractivity contribution in [2.24, 2.45) is 0 Å². The summed E-state index contributed by atoms with van der Waals surface area (Å²) >= 11 is 0. The van der Waals surface area contributed by atoms with Crippen LogP contribution in [0.2, 0.25) is 0 Å². The Bertz CT molecular complexity index is 1310. The number of fused-ring (bicyclic) bond motifs is 1. The van der Waals surface area contributed by atoms with E-state index in [2.05, 4.69) is 5.32 Å². The van der Waals surface area contributed by atoms with Crippen LogP contribution in [0, 0.1) is 0 Å². The van der Waals surface area contributed by atoms with E-state index < -0.39 is 64.8 Å². The van der Waals surface area contributed by atoms with Crippen LogP contribution >= 0.6 is 0 Å². The minimum absolute atomic E-state index is 0.0821. The highest BCUT2D eigenvalue weighted by molar-refractivity contribution is 6.14. The molecular weight excluding hydrogens is 541 g/mol. The molecule has 2 aromatic carbocycles. The van der Waals surface area contributed by atoms with Crippen molar-refractivity contribution in [2.45, 2.75) is 36.1 Å². The molecule has 41 heavy (non-hydrogen) atoms. The third-order valence-electron chi connectivity index (χ3n) is 7.11. The predicted molar refractivity (Wildman–Crippen MR) is 138 cm³/mol. The highest BCUT2D eigenvalue weighted by atomic mass is 16.8. The van der Waals surface area contributed by atoms with Gasteiger partial charge in [-0.25, -0.2) is 4.90 Å². The van der Waals surface area contributed by atoms with E-state index in [1.54, 1.807) is 4.90 Å². The van der Waals surface area contributed by atoms with E-state index in [4.69, 9.17) is 17.3 Å². The van der Waals surface area contributed by atoms with Crippen LogP contribution in [0.15, 0.2) is 42.5 Å². The lowest BCUT2D eigenvalue weighted by atomic mass is 9.81. The Morgan fingerprint density at radius 2 is 1.71 bits per heavy atom. The van der Waals surface area contributed by atoms with E-state index in [1.165, 1.54) is 30.3 Å². The number of nitrogens with zero attached hydrogens (tertiary/aromatic N) is 2. The Morgan fingerprint density at radius 1 is 1.10 bits per heavy atom. The zero-order valence-electron chi connectivity index (χ0n) is 22.1. The van der Waals surface area contributed by atoms with Gasteiger partial charge in [0.1, 0.15) is 19.9 Å². The molecule has 4 rings (SSSR count). The molecule has 218 valence electrons. The molecule has 1 saturated heterocycles. The molecule has 2 aliphatic heterocycles. The van der Waals surface area contributed by atoms with Gasteiger partial charge in [0, 0.05) is 33.0 Å². The molecule has 2 atom stereocenters. The summed E-state index contributed by atoms with van der Waals surface area (Å²) in [4.78, 5) is 38.4. The molecule has 0 saturated carbocycles. The summed E-state index contributed by atoms with van der Waals surface area (Å²) in [6, 6.07) is 8.60. The zero-order chi connectivity index (χ0) is 30.2. The topological polar surface area (TPSA) is 210 Å². The van der Waals surface area contributed by atoms with Crippen LogP contribution in [0.4, 0.5) is 0 Å². The number of carbonyl (C=O) groups is 3. The van der Waals surface area contributed by atoms with E-state index in [1.807, 2.05) is 0 Å². The number of carbonyl (C=O) groups excluding carboxylic acids is 3. The predicted octanol–water partition coefficient (Wildman–Crippen LogP) is -2.57. The zero-order valence-corrected chi connectivity index (χ0v) is 22.1. The van der Waals surface area contributed by atoms with Crippen molar-refractivity contribution in [3.63, 3.8) is 0 Å². The van der Waals surface area contributed by atoms with Gasteiger partial charge in [0.05, 0.1) is 35.5 Å². The van der Waals surface area contributed by atoms with Crippen LogP contribution in [0.25, 0.3) is 0 Å². The lowest BCUT2D eigenvalue weighted by Gasteiger charge is -2.41. The molecular formula is C26H30BN3O11. The standard InChI is InChI=1S/C26H30BN3O11/c1-28-22(33)23(34,10-3-13-31)30-21(32)18-4-2-5-19(20(18)25(30,36)37)41-26(38,39)17-8-6-16(7-9-17)24(27,35)29-11-14-40-15-12-29/h2,4-9,13,34-39H,3,10-12,14-15H2,1H3,(H,28,33). The van der Waals surface area contributed by atoms with Gasteiger partial charge in [0.2, 0.25) is 5.72 Å². The molecule has 2 amide bonds. The molecule has 2 aromatic rings. The van der Waals surface area contributed by atoms with Crippen molar-refractivity contribution < 1.29 is 54.5 Å². The second-order valence-electron chi connectivity index (χ2n) is 9.67. The third kappa shape index (κ3) is 5.34. The number of aldehydes is 1. The minimum atomic E-state index is -3.39. The molecule has 15 heteroatoms. The first kappa shape index (κ1) is 30.6. The SMILES string of the molecule is [B]C(O)(c1ccc(C(O)(O)Oc2cccc3c2C(O)(O)N(C(O)(CCC=O)C(=O)NC)C3=O)cc1)N1CCOCC1. The van der Waals surface area contributed by atoms with Gasteiger partial charge in [-0.1, -0.05) is 18.2 Å². The molecule has 14 nitrogen and oxygen atoms in total. The number of likely N-dealkylation sites (N-methyl/N-ethyl adjacent to an activating group) is 1.